The SMILES string of the molecule is Cc1ccc(NC(=O)c2ccc(COc3ccc4c(c3)[C@@H](c3cccc(C)c3)N(C(=O)C3CC3)CC4)o2)cc1. The van der Waals surface area contributed by atoms with Gasteiger partial charge in [0.15, 0.2) is 5.76 Å². The van der Waals surface area contributed by atoms with Gasteiger partial charge in [-0.1, -0.05) is 53.6 Å². The van der Waals surface area contributed by atoms with Gasteiger partial charge in [0, 0.05) is 18.2 Å². The smallest absolute Gasteiger partial charge is 0.291 e. The fourth-order valence-corrected chi connectivity index (χ4v) is 5.25. The van der Waals surface area contributed by atoms with Gasteiger partial charge in [0.1, 0.15) is 18.1 Å². The molecule has 0 saturated heterocycles. The number of anilines is 1. The summed E-state index contributed by atoms with van der Waals surface area (Å²) in [6.45, 7) is 5.00. The quantitative estimate of drug-likeness (QED) is 0.298. The lowest BCUT2D eigenvalue weighted by molar-refractivity contribution is -0.134. The van der Waals surface area contributed by atoms with Crippen molar-refractivity contribution in [1.29, 1.82) is 0 Å². The molecule has 1 aromatic heterocycles. The summed E-state index contributed by atoms with van der Waals surface area (Å²) >= 11 is 0. The highest BCUT2D eigenvalue weighted by atomic mass is 16.5. The first-order valence-electron chi connectivity index (χ1n) is 13.5. The van der Waals surface area contributed by atoms with E-state index >= 15 is 0 Å². The van der Waals surface area contributed by atoms with Gasteiger partial charge in [0.25, 0.3) is 5.91 Å². The second-order valence-corrected chi connectivity index (χ2v) is 10.6. The van der Waals surface area contributed by atoms with E-state index in [0.29, 0.717) is 17.2 Å². The van der Waals surface area contributed by atoms with Crippen LogP contribution in [0.2, 0.25) is 0 Å². The Morgan fingerprint density at radius 1 is 0.949 bits per heavy atom. The average molecular weight is 521 g/mol. The molecule has 6 heteroatoms. The van der Waals surface area contributed by atoms with Crippen LogP contribution < -0.4 is 10.1 Å². The zero-order chi connectivity index (χ0) is 26.9. The molecule has 0 spiro atoms. The molecule has 39 heavy (non-hydrogen) atoms. The van der Waals surface area contributed by atoms with Crippen LogP contribution in [0.15, 0.2) is 83.3 Å². The summed E-state index contributed by atoms with van der Waals surface area (Å²) in [6, 6.07) is 25.5. The Kier molecular flexibility index (Phi) is 6.69. The van der Waals surface area contributed by atoms with Crippen LogP contribution in [0.25, 0.3) is 0 Å². The normalized spacial score (nSPS) is 16.5. The number of ether oxygens (including phenoxy) is 1. The molecule has 4 aromatic rings. The summed E-state index contributed by atoms with van der Waals surface area (Å²) in [5.41, 5.74) is 6.48. The molecule has 1 aliphatic carbocycles. The number of carbonyl (C=O) groups is 2. The number of rotatable bonds is 7. The largest absolute Gasteiger partial charge is 0.486 e. The molecule has 2 aliphatic rings. The molecular formula is C33H32N2O4. The molecule has 6 rings (SSSR count). The zero-order valence-corrected chi connectivity index (χ0v) is 22.3. The van der Waals surface area contributed by atoms with Crippen LogP contribution in [0.3, 0.4) is 0 Å². The minimum atomic E-state index is -0.305. The molecular weight excluding hydrogens is 488 g/mol. The van der Waals surface area contributed by atoms with Gasteiger partial charge >= 0.3 is 0 Å². The van der Waals surface area contributed by atoms with Crippen molar-refractivity contribution in [2.75, 3.05) is 11.9 Å². The minimum Gasteiger partial charge on any atom is -0.486 e. The number of aryl methyl sites for hydroxylation is 2. The summed E-state index contributed by atoms with van der Waals surface area (Å²) in [4.78, 5) is 27.9. The molecule has 0 bridgehead atoms. The third-order valence-electron chi connectivity index (χ3n) is 7.49. The number of benzene rings is 3. The predicted octanol–water partition coefficient (Wildman–Crippen LogP) is 6.61. The third-order valence-corrected chi connectivity index (χ3v) is 7.49. The van der Waals surface area contributed by atoms with E-state index in [-0.39, 0.29) is 36.1 Å². The number of hydrogen-bond donors (Lipinski definition) is 1. The average Bonchev–Trinajstić information content (AvgIpc) is 3.69. The molecule has 0 radical (unpaired) electrons. The molecule has 1 atom stereocenters. The van der Waals surface area contributed by atoms with E-state index in [9.17, 15) is 9.59 Å². The first-order valence-corrected chi connectivity index (χ1v) is 13.5. The monoisotopic (exact) mass is 520 g/mol. The van der Waals surface area contributed by atoms with Gasteiger partial charge < -0.3 is 19.4 Å². The molecule has 1 saturated carbocycles. The predicted molar refractivity (Wildman–Crippen MR) is 150 cm³/mol. The highest BCUT2D eigenvalue weighted by molar-refractivity contribution is 6.02. The Balaban J connectivity index is 1.19. The van der Waals surface area contributed by atoms with E-state index in [4.69, 9.17) is 9.15 Å². The fourth-order valence-electron chi connectivity index (χ4n) is 5.25. The molecule has 2 heterocycles. The van der Waals surface area contributed by atoms with Crippen molar-refractivity contribution < 1.29 is 18.7 Å². The second-order valence-electron chi connectivity index (χ2n) is 10.6. The van der Waals surface area contributed by atoms with E-state index in [1.165, 1.54) is 11.1 Å². The molecule has 1 aliphatic heterocycles. The van der Waals surface area contributed by atoms with Crippen molar-refractivity contribution in [3.05, 3.63) is 118 Å². The Labute approximate surface area is 228 Å². The number of nitrogens with zero attached hydrogens (tertiary/aromatic N) is 1. The summed E-state index contributed by atoms with van der Waals surface area (Å²) in [7, 11) is 0. The molecule has 6 nitrogen and oxygen atoms in total. The molecule has 1 fully saturated rings. The van der Waals surface area contributed by atoms with Crippen LogP contribution in [0, 0.1) is 19.8 Å². The number of hydrogen-bond acceptors (Lipinski definition) is 4. The van der Waals surface area contributed by atoms with Gasteiger partial charge in [-0.2, -0.15) is 0 Å². The van der Waals surface area contributed by atoms with E-state index < -0.39 is 0 Å². The highest BCUT2D eigenvalue weighted by Gasteiger charge is 2.39. The van der Waals surface area contributed by atoms with Gasteiger partial charge in [-0.05, 0) is 86.2 Å². The summed E-state index contributed by atoms with van der Waals surface area (Å²) < 4.78 is 11.9. The van der Waals surface area contributed by atoms with Crippen molar-refractivity contribution in [3.63, 3.8) is 0 Å². The maximum Gasteiger partial charge on any atom is 0.291 e. The molecule has 0 unspecified atom stereocenters. The Morgan fingerprint density at radius 3 is 2.54 bits per heavy atom. The van der Waals surface area contributed by atoms with Crippen LogP contribution in [0.5, 0.6) is 5.75 Å². The zero-order valence-electron chi connectivity index (χ0n) is 22.3. The third kappa shape index (κ3) is 5.46. The number of amides is 2. The van der Waals surface area contributed by atoms with Crippen molar-refractivity contribution >= 4 is 17.5 Å². The minimum absolute atomic E-state index is 0.133. The van der Waals surface area contributed by atoms with Crippen LogP contribution in [0.4, 0.5) is 5.69 Å². The maximum absolute atomic E-state index is 13.3. The van der Waals surface area contributed by atoms with Crippen molar-refractivity contribution in [3.8, 4) is 5.75 Å². The lowest BCUT2D eigenvalue weighted by atomic mass is 9.87. The summed E-state index contributed by atoms with van der Waals surface area (Å²) in [5, 5.41) is 2.85. The van der Waals surface area contributed by atoms with Crippen molar-refractivity contribution in [2.45, 2.75) is 45.8 Å². The second kappa shape index (κ2) is 10.4. The van der Waals surface area contributed by atoms with Gasteiger partial charge in [-0.15, -0.1) is 0 Å². The van der Waals surface area contributed by atoms with Crippen LogP contribution >= 0.6 is 0 Å². The number of furan rings is 1. The molecule has 198 valence electrons. The maximum atomic E-state index is 13.3. The summed E-state index contributed by atoms with van der Waals surface area (Å²) in [5.74, 6) is 1.60. The van der Waals surface area contributed by atoms with E-state index in [1.807, 2.05) is 37.3 Å². The molecule has 2 amide bonds. The first kappa shape index (κ1) is 25.0. The van der Waals surface area contributed by atoms with Crippen molar-refractivity contribution in [1.82, 2.24) is 4.90 Å². The first-order chi connectivity index (χ1) is 18.9. The summed E-state index contributed by atoms with van der Waals surface area (Å²) in [6.07, 6.45) is 2.80. The van der Waals surface area contributed by atoms with Crippen LogP contribution in [-0.2, 0) is 17.8 Å². The fraction of sp³-hybridized carbons (Fsp3) is 0.273. The standard InChI is InChI=1S/C33H32N2O4/c1-21-6-11-26(12-7-21)34-32(36)30-15-14-28(39-30)20-38-27-13-10-23-16-17-35(33(37)24-8-9-24)31(29(23)19-27)25-5-3-4-22(2)18-25/h3-7,10-15,18-19,24,31H,8-9,16-17,20H2,1-2H3,(H,34,36)/t31-/m1/s1. The van der Waals surface area contributed by atoms with Crippen LogP contribution in [0.1, 0.15) is 63.0 Å². The van der Waals surface area contributed by atoms with Crippen LogP contribution in [-0.4, -0.2) is 23.3 Å². The molecule has 1 N–H and O–H groups in total. The number of nitrogens with one attached hydrogen (secondary N) is 1. The van der Waals surface area contributed by atoms with Gasteiger partial charge in [0.2, 0.25) is 5.91 Å². The van der Waals surface area contributed by atoms with Gasteiger partial charge in [0.05, 0.1) is 6.04 Å². The number of carbonyl (C=O) groups excluding carboxylic acids is 2. The molecule has 3 aromatic carbocycles. The van der Waals surface area contributed by atoms with Crippen molar-refractivity contribution in [2.24, 2.45) is 5.92 Å². The van der Waals surface area contributed by atoms with E-state index in [0.717, 1.165) is 42.5 Å². The van der Waals surface area contributed by atoms with Gasteiger partial charge in [-0.25, -0.2) is 0 Å². The lowest BCUT2D eigenvalue weighted by Gasteiger charge is -2.38. The Morgan fingerprint density at radius 2 is 1.77 bits per heavy atom. The highest BCUT2D eigenvalue weighted by Crippen LogP contribution is 2.41. The van der Waals surface area contributed by atoms with Gasteiger partial charge in [-0.3, -0.25) is 9.59 Å². The Hall–Kier alpha value is -4.32. The number of fused-ring (bicyclic) bond motifs is 1. The Bertz CT molecular complexity index is 1520. The lowest BCUT2D eigenvalue weighted by Crippen LogP contribution is -2.41. The van der Waals surface area contributed by atoms with E-state index in [1.54, 1.807) is 12.1 Å². The topological polar surface area (TPSA) is 71.8 Å². The van der Waals surface area contributed by atoms with E-state index in [2.05, 4.69) is 53.5 Å².